The third-order valence-electron chi connectivity index (χ3n) is 1.47. The maximum Gasteiger partial charge on any atom is 0.300 e. The lowest BCUT2D eigenvalue weighted by molar-refractivity contribution is 0.0677. The van der Waals surface area contributed by atoms with E-state index in [4.69, 9.17) is 0 Å². The Morgan fingerprint density at radius 3 is 2.75 bits per heavy atom. The van der Waals surface area contributed by atoms with Gasteiger partial charge in [0.05, 0.1) is 0 Å². The van der Waals surface area contributed by atoms with E-state index in [0.29, 0.717) is 5.69 Å². The molecule has 0 aromatic carbocycles. The summed E-state index contributed by atoms with van der Waals surface area (Å²) >= 11 is 0. The summed E-state index contributed by atoms with van der Waals surface area (Å²) in [6.45, 7) is 1.52. The highest BCUT2D eigenvalue weighted by Crippen LogP contribution is 2.09. The first-order valence-electron chi connectivity index (χ1n) is 3.37. The van der Waals surface area contributed by atoms with Crippen molar-refractivity contribution in [2.75, 3.05) is 0 Å². The second kappa shape index (κ2) is 3.38. The minimum atomic E-state index is -2.95. The highest BCUT2D eigenvalue weighted by Gasteiger charge is 2.19. The van der Waals surface area contributed by atoms with Crippen LogP contribution in [0.5, 0.6) is 0 Å². The van der Waals surface area contributed by atoms with Crippen molar-refractivity contribution in [2.24, 2.45) is 0 Å². The van der Waals surface area contributed by atoms with Gasteiger partial charge in [-0.3, -0.25) is 9.78 Å². The molecule has 0 radical (unpaired) electrons. The number of Topliss-reactive ketones (excluding diaryl/α,β-unsaturated/α-hetero) is 1. The normalized spacial score (nSPS) is 10.3. The van der Waals surface area contributed by atoms with Crippen LogP contribution in [0.15, 0.2) is 18.3 Å². The summed E-state index contributed by atoms with van der Waals surface area (Å²) < 4.78 is 23.8. The molecule has 0 atom stereocenters. The maximum atomic E-state index is 11.9. The summed E-state index contributed by atoms with van der Waals surface area (Å²) in [6, 6.07) is 2.80. The highest BCUT2D eigenvalue weighted by molar-refractivity contribution is 5.99. The fraction of sp³-hybridized carbons (Fsp3) is 0.250. The van der Waals surface area contributed by atoms with Gasteiger partial charge < -0.3 is 0 Å². The zero-order chi connectivity index (χ0) is 9.14. The molecule has 0 saturated heterocycles. The van der Waals surface area contributed by atoms with Crippen LogP contribution in [-0.4, -0.2) is 17.2 Å². The van der Waals surface area contributed by atoms with Gasteiger partial charge in [-0.05, 0) is 19.1 Å². The van der Waals surface area contributed by atoms with Crippen molar-refractivity contribution in [1.82, 2.24) is 4.98 Å². The van der Waals surface area contributed by atoms with E-state index >= 15 is 0 Å². The molecule has 0 aliphatic carbocycles. The number of nitrogens with zero attached hydrogens (tertiary/aromatic N) is 1. The van der Waals surface area contributed by atoms with Crippen LogP contribution in [0.4, 0.5) is 8.78 Å². The first-order chi connectivity index (χ1) is 5.63. The van der Waals surface area contributed by atoms with Gasteiger partial charge in [-0.1, -0.05) is 0 Å². The zero-order valence-electron chi connectivity index (χ0n) is 6.42. The van der Waals surface area contributed by atoms with Crippen LogP contribution in [0, 0.1) is 6.92 Å². The van der Waals surface area contributed by atoms with Crippen molar-refractivity contribution in [3.05, 3.63) is 29.6 Å². The Morgan fingerprint density at radius 2 is 2.25 bits per heavy atom. The summed E-state index contributed by atoms with van der Waals surface area (Å²) in [7, 11) is 0. The lowest BCUT2D eigenvalue weighted by atomic mass is 10.1. The molecule has 2 nitrogen and oxygen atoms in total. The Bertz CT molecular complexity index is 299. The number of pyridine rings is 1. The van der Waals surface area contributed by atoms with Gasteiger partial charge in [0.15, 0.2) is 0 Å². The number of carbonyl (C=O) groups excluding carboxylic acids is 1. The zero-order valence-corrected chi connectivity index (χ0v) is 6.42. The van der Waals surface area contributed by atoms with E-state index in [9.17, 15) is 13.6 Å². The van der Waals surface area contributed by atoms with Gasteiger partial charge in [-0.25, -0.2) is 8.78 Å². The number of alkyl halides is 2. The quantitative estimate of drug-likeness (QED) is 0.635. The second-order valence-corrected chi connectivity index (χ2v) is 2.30. The summed E-state index contributed by atoms with van der Waals surface area (Å²) in [5.41, 5.74) is 0.329. The van der Waals surface area contributed by atoms with Crippen molar-refractivity contribution in [3.8, 4) is 0 Å². The predicted molar refractivity (Wildman–Crippen MR) is 39.3 cm³/mol. The minimum Gasteiger partial charge on any atom is -0.288 e. The number of ketones is 1. The number of rotatable bonds is 2. The van der Waals surface area contributed by atoms with Gasteiger partial charge >= 0.3 is 6.43 Å². The molecule has 0 bridgehead atoms. The minimum absolute atomic E-state index is 0.00694. The Labute approximate surface area is 68.2 Å². The smallest absolute Gasteiger partial charge is 0.288 e. The fourth-order valence-electron chi connectivity index (χ4n) is 0.862. The molecule has 4 heteroatoms. The molecule has 0 aliphatic rings. The summed E-state index contributed by atoms with van der Waals surface area (Å²) in [6.07, 6.45) is -1.50. The number of aromatic nitrogens is 1. The fourth-order valence-corrected chi connectivity index (χ4v) is 0.862. The van der Waals surface area contributed by atoms with Crippen LogP contribution in [0.2, 0.25) is 0 Å². The van der Waals surface area contributed by atoms with Crippen LogP contribution < -0.4 is 0 Å². The molecule has 0 saturated carbocycles. The van der Waals surface area contributed by atoms with Crippen molar-refractivity contribution < 1.29 is 13.6 Å². The van der Waals surface area contributed by atoms with E-state index in [0.717, 1.165) is 0 Å². The predicted octanol–water partition coefficient (Wildman–Crippen LogP) is 1.84. The standard InChI is InChI=1S/C8H7F2NO/c1-5-6(3-2-4-11-5)7(12)8(9)10/h2-4,8H,1H3. The van der Waals surface area contributed by atoms with Gasteiger partial charge in [0.25, 0.3) is 0 Å². The van der Waals surface area contributed by atoms with Crippen LogP contribution >= 0.6 is 0 Å². The molecule has 0 unspecified atom stereocenters. The third-order valence-corrected chi connectivity index (χ3v) is 1.47. The summed E-state index contributed by atoms with van der Waals surface area (Å²) in [5, 5.41) is 0. The molecule has 0 fully saturated rings. The molecule has 0 aliphatic heterocycles. The largest absolute Gasteiger partial charge is 0.300 e. The van der Waals surface area contributed by atoms with Gasteiger partial charge in [-0.2, -0.15) is 0 Å². The Morgan fingerprint density at radius 1 is 1.58 bits per heavy atom. The third kappa shape index (κ3) is 1.64. The van der Waals surface area contributed by atoms with Gasteiger partial charge in [-0.15, -0.1) is 0 Å². The van der Waals surface area contributed by atoms with Crippen LogP contribution in [0.3, 0.4) is 0 Å². The molecule has 0 amide bonds. The first-order valence-corrected chi connectivity index (χ1v) is 3.37. The lowest BCUT2D eigenvalue weighted by Gasteiger charge is -2.01. The van der Waals surface area contributed by atoms with Crippen LogP contribution in [0.1, 0.15) is 16.1 Å². The van der Waals surface area contributed by atoms with E-state index < -0.39 is 12.2 Å². The number of carbonyl (C=O) groups is 1. The monoisotopic (exact) mass is 171 g/mol. The van der Waals surface area contributed by atoms with Crippen molar-refractivity contribution in [3.63, 3.8) is 0 Å². The first kappa shape index (κ1) is 8.77. The average molecular weight is 171 g/mol. The molecule has 0 spiro atoms. The van der Waals surface area contributed by atoms with Crippen molar-refractivity contribution in [2.45, 2.75) is 13.3 Å². The average Bonchev–Trinajstić information content (AvgIpc) is 2.04. The molecule has 64 valence electrons. The highest BCUT2D eigenvalue weighted by atomic mass is 19.3. The van der Waals surface area contributed by atoms with Gasteiger partial charge in [0.2, 0.25) is 5.78 Å². The second-order valence-electron chi connectivity index (χ2n) is 2.30. The maximum absolute atomic E-state index is 11.9. The van der Waals surface area contributed by atoms with Gasteiger partial charge in [0.1, 0.15) is 0 Å². The summed E-state index contributed by atoms with van der Waals surface area (Å²) in [4.78, 5) is 14.5. The molecule has 1 aromatic heterocycles. The number of halogens is 2. The van der Waals surface area contributed by atoms with Crippen molar-refractivity contribution >= 4 is 5.78 Å². The van der Waals surface area contributed by atoms with E-state index in [-0.39, 0.29) is 5.56 Å². The van der Waals surface area contributed by atoms with Gasteiger partial charge in [0, 0.05) is 17.5 Å². The number of hydrogen-bond acceptors (Lipinski definition) is 2. The lowest BCUT2D eigenvalue weighted by Crippen LogP contribution is -2.12. The molecule has 0 N–H and O–H groups in total. The topological polar surface area (TPSA) is 30.0 Å². The molecular formula is C8H7F2NO. The Kier molecular flexibility index (Phi) is 2.47. The SMILES string of the molecule is Cc1ncccc1C(=O)C(F)F. The van der Waals surface area contributed by atoms with E-state index in [2.05, 4.69) is 4.98 Å². The molecule has 1 rings (SSSR count). The van der Waals surface area contributed by atoms with Crippen molar-refractivity contribution in [1.29, 1.82) is 0 Å². The van der Waals surface area contributed by atoms with Crippen LogP contribution in [-0.2, 0) is 0 Å². The molecular weight excluding hydrogens is 164 g/mol. The van der Waals surface area contributed by atoms with E-state index in [1.54, 1.807) is 0 Å². The Balaban J connectivity index is 3.03. The molecule has 12 heavy (non-hydrogen) atoms. The molecule has 1 aromatic rings. The van der Waals surface area contributed by atoms with Crippen LogP contribution in [0.25, 0.3) is 0 Å². The van der Waals surface area contributed by atoms with E-state index in [1.165, 1.54) is 25.3 Å². The Hall–Kier alpha value is -1.32. The summed E-state index contributed by atoms with van der Waals surface area (Å²) in [5.74, 6) is -1.17. The van der Waals surface area contributed by atoms with E-state index in [1.807, 2.05) is 0 Å². The number of hydrogen-bond donors (Lipinski definition) is 0. The molecule has 1 heterocycles. The number of aryl methyl sites for hydroxylation is 1.